The van der Waals surface area contributed by atoms with Crippen LogP contribution in [0.5, 0.6) is 5.75 Å². The molecule has 9 heteroatoms. The molecule has 1 fully saturated rings. The summed E-state index contributed by atoms with van der Waals surface area (Å²) in [6.45, 7) is 7.58. The fourth-order valence-electron chi connectivity index (χ4n) is 4.83. The summed E-state index contributed by atoms with van der Waals surface area (Å²) in [5, 5.41) is 9.86. The molecule has 2 atom stereocenters. The highest BCUT2D eigenvalue weighted by molar-refractivity contribution is 6.30. The molecule has 1 amide bonds. The highest BCUT2D eigenvalue weighted by Crippen LogP contribution is 2.37. The first-order valence-electron chi connectivity index (χ1n) is 13.3. The largest absolute Gasteiger partial charge is 0.493 e. The van der Waals surface area contributed by atoms with Crippen LogP contribution >= 0.6 is 11.6 Å². The van der Waals surface area contributed by atoms with Gasteiger partial charge in [-0.05, 0) is 61.1 Å². The molecule has 39 heavy (non-hydrogen) atoms. The summed E-state index contributed by atoms with van der Waals surface area (Å²) in [6.07, 6.45) is 0.763. The molecule has 2 aromatic carbocycles. The molecular weight excluding hydrogens is 520 g/mol. The van der Waals surface area contributed by atoms with Crippen molar-refractivity contribution in [1.82, 2.24) is 9.88 Å². The first kappa shape index (κ1) is 28.5. The Morgan fingerprint density at radius 1 is 1.18 bits per heavy atom. The number of carboxylic acid groups (broad SMARTS) is 1. The van der Waals surface area contributed by atoms with Crippen molar-refractivity contribution in [3.8, 4) is 17.2 Å². The minimum absolute atomic E-state index is 0.00228. The molecular formula is C30H35ClN2O6. The number of rotatable bonds is 11. The van der Waals surface area contributed by atoms with Gasteiger partial charge in [-0.15, -0.1) is 0 Å². The van der Waals surface area contributed by atoms with Gasteiger partial charge in [0.25, 0.3) is 0 Å². The van der Waals surface area contributed by atoms with Crippen molar-refractivity contribution >= 4 is 23.7 Å². The van der Waals surface area contributed by atoms with Crippen LogP contribution in [0.15, 0.2) is 52.9 Å². The van der Waals surface area contributed by atoms with Crippen molar-refractivity contribution < 1.29 is 28.6 Å². The van der Waals surface area contributed by atoms with Gasteiger partial charge in [-0.2, -0.15) is 0 Å². The normalized spacial score (nSPS) is 17.0. The van der Waals surface area contributed by atoms with Crippen LogP contribution in [0.2, 0.25) is 5.02 Å². The Balaban J connectivity index is 1.40. The summed E-state index contributed by atoms with van der Waals surface area (Å²) in [5.74, 6) is 1.39. The molecule has 1 saturated heterocycles. The van der Waals surface area contributed by atoms with E-state index < -0.39 is 5.97 Å². The number of carboxylic acids is 1. The molecule has 1 aliphatic heterocycles. The van der Waals surface area contributed by atoms with E-state index in [0.717, 1.165) is 22.6 Å². The van der Waals surface area contributed by atoms with Crippen molar-refractivity contribution in [3.05, 3.63) is 70.6 Å². The van der Waals surface area contributed by atoms with E-state index in [-0.39, 0.29) is 30.3 Å². The molecule has 8 nitrogen and oxygen atoms in total. The molecule has 1 N–H and O–H groups in total. The molecule has 1 aromatic heterocycles. The van der Waals surface area contributed by atoms with Crippen LogP contribution in [-0.2, 0) is 16.0 Å². The molecule has 208 valence electrons. The van der Waals surface area contributed by atoms with Crippen LogP contribution in [0.4, 0.5) is 4.79 Å². The lowest BCUT2D eigenvalue weighted by Gasteiger charge is -2.18. The number of halogens is 1. The molecule has 0 aliphatic carbocycles. The number of carbonyl (C=O) groups excluding carboxylic acids is 1. The second kappa shape index (κ2) is 13.0. The average molecular weight is 555 g/mol. The second-order valence-corrected chi connectivity index (χ2v) is 10.8. The Morgan fingerprint density at radius 3 is 2.72 bits per heavy atom. The number of benzene rings is 2. The molecule has 2 heterocycles. The number of likely N-dealkylation sites (tertiary alicyclic amines) is 1. The van der Waals surface area contributed by atoms with E-state index in [1.165, 1.54) is 0 Å². The van der Waals surface area contributed by atoms with Crippen LogP contribution in [0.25, 0.3) is 11.5 Å². The Kier molecular flexibility index (Phi) is 9.51. The van der Waals surface area contributed by atoms with Crippen LogP contribution in [0.1, 0.15) is 49.6 Å². The lowest BCUT2D eigenvalue weighted by atomic mass is 9.86. The van der Waals surface area contributed by atoms with Crippen molar-refractivity contribution in [2.45, 2.75) is 46.0 Å². The van der Waals surface area contributed by atoms with E-state index in [0.29, 0.717) is 55.8 Å². The fourth-order valence-corrected chi connectivity index (χ4v) is 5.02. The number of carbonyl (C=O) groups is 2. The average Bonchev–Trinajstić information content (AvgIpc) is 3.50. The number of hydrogen-bond donors (Lipinski definition) is 1. The summed E-state index contributed by atoms with van der Waals surface area (Å²) in [4.78, 5) is 30.2. The van der Waals surface area contributed by atoms with Gasteiger partial charge in [0.05, 0.1) is 18.9 Å². The van der Waals surface area contributed by atoms with Gasteiger partial charge in [0.1, 0.15) is 11.5 Å². The summed E-state index contributed by atoms with van der Waals surface area (Å²) in [7, 11) is 0. The number of nitrogens with zero attached hydrogens (tertiary/aromatic N) is 2. The van der Waals surface area contributed by atoms with Crippen molar-refractivity contribution in [2.24, 2.45) is 11.8 Å². The highest BCUT2D eigenvalue weighted by Gasteiger charge is 2.37. The Hall–Kier alpha value is -3.52. The van der Waals surface area contributed by atoms with Crippen molar-refractivity contribution in [2.75, 3.05) is 26.3 Å². The van der Waals surface area contributed by atoms with E-state index in [1.54, 1.807) is 11.0 Å². The van der Waals surface area contributed by atoms with Gasteiger partial charge in [0, 0.05) is 42.4 Å². The maximum atomic E-state index is 12.6. The third-order valence-corrected chi connectivity index (χ3v) is 7.06. The third-order valence-electron chi connectivity index (χ3n) is 6.83. The van der Waals surface area contributed by atoms with Gasteiger partial charge in [-0.1, -0.05) is 43.6 Å². The Bertz CT molecular complexity index is 1290. The summed E-state index contributed by atoms with van der Waals surface area (Å²) < 4.78 is 17.4. The quantitative estimate of drug-likeness (QED) is 0.285. The van der Waals surface area contributed by atoms with Crippen LogP contribution in [0.3, 0.4) is 0 Å². The topological polar surface area (TPSA) is 102 Å². The van der Waals surface area contributed by atoms with E-state index in [2.05, 4.69) is 4.98 Å². The second-order valence-electron chi connectivity index (χ2n) is 10.4. The molecule has 0 bridgehead atoms. The summed E-state index contributed by atoms with van der Waals surface area (Å²) >= 11 is 6.10. The zero-order valence-electron chi connectivity index (χ0n) is 22.6. The number of ether oxygens (including phenoxy) is 2. The van der Waals surface area contributed by atoms with Gasteiger partial charge < -0.3 is 23.9 Å². The van der Waals surface area contributed by atoms with Gasteiger partial charge in [-0.25, -0.2) is 9.78 Å². The predicted molar refractivity (Wildman–Crippen MR) is 148 cm³/mol. The van der Waals surface area contributed by atoms with E-state index in [1.807, 2.05) is 63.2 Å². The number of aliphatic carboxylic acids is 1. The highest BCUT2D eigenvalue weighted by atomic mass is 35.5. The smallest absolute Gasteiger partial charge is 0.409 e. The molecule has 0 radical (unpaired) electrons. The minimum Gasteiger partial charge on any atom is -0.493 e. The van der Waals surface area contributed by atoms with Crippen molar-refractivity contribution in [3.63, 3.8) is 0 Å². The zero-order valence-corrected chi connectivity index (χ0v) is 23.3. The maximum absolute atomic E-state index is 12.6. The predicted octanol–water partition coefficient (Wildman–Crippen LogP) is 6.60. The van der Waals surface area contributed by atoms with Crippen LogP contribution in [-0.4, -0.2) is 53.4 Å². The summed E-state index contributed by atoms with van der Waals surface area (Å²) in [5.41, 5.74) is 2.66. The minimum atomic E-state index is -0.840. The Labute approximate surface area is 233 Å². The Morgan fingerprint density at radius 2 is 1.97 bits per heavy atom. The summed E-state index contributed by atoms with van der Waals surface area (Å²) in [6, 6.07) is 15.2. The van der Waals surface area contributed by atoms with Crippen LogP contribution in [0, 0.1) is 18.8 Å². The van der Waals surface area contributed by atoms with E-state index >= 15 is 0 Å². The van der Waals surface area contributed by atoms with Gasteiger partial charge >= 0.3 is 12.1 Å². The van der Waals surface area contributed by atoms with Crippen molar-refractivity contribution in [1.29, 1.82) is 0 Å². The first-order valence-corrected chi connectivity index (χ1v) is 13.7. The maximum Gasteiger partial charge on any atom is 0.409 e. The van der Waals surface area contributed by atoms with Gasteiger partial charge in [-0.3, -0.25) is 4.79 Å². The fraction of sp³-hybridized carbons (Fsp3) is 0.433. The van der Waals surface area contributed by atoms with Crippen LogP contribution < -0.4 is 4.74 Å². The third kappa shape index (κ3) is 7.76. The van der Waals surface area contributed by atoms with Gasteiger partial charge in [0.2, 0.25) is 5.89 Å². The zero-order chi connectivity index (χ0) is 27.9. The van der Waals surface area contributed by atoms with E-state index in [9.17, 15) is 14.7 Å². The van der Waals surface area contributed by atoms with Gasteiger partial charge in [0.15, 0.2) is 0 Å². The van der Waals surface area contributed by atoms with E-state index in [4.69, 9.17) is 25.5 Å². The number of aryl methyl sites for hydroxylation is 1. The first-order chi connectivity index (χ1) is 18.7. The number of oxazole rings is 1. The number of hydrogen-bond acceptors (Lipinski definition) is 6. The lowest BCUT2D eigenvalue weighted by Crippen LogP contribution is -2.30. The molecule has 0 saturated carbocycles. The standard InChI is InChI=1S/C30H35ClN2O6/c1-19(2)18-38-30(36)33-16-23(10-11-28(34)35)26(17-33)21-6-5-9-25(15-21)37-13-12-27-20(3)39-29(32-27)22-7-4-8-24(31)14-22/h4-9,14-15,19,23,26H,10-13,16-18H2,1-3H3,(H,34,35)/t23-,26-/m0/s1. The number of amides is 1. The molecule has 0 spiro atoms. The molecule has 3 aromatic rings. The SMILES string of the molecule is Cc1oc(-c2cccc(Cl)c2)nc1CCOc1cccc([C@@H]2CN(C(=O)OCC(C)C)C[C@@H]2CCC(=O)O)c1. The molecule has 0 unspecified atom stereocenters. The monoisotopic (exact) mass is 554 g/mol. The molecule has 4 rings (SSSR count). The lowest BCUT2D eigenvalue weighted by molar-refractivity contribution is -0.137. The molecule has 1 aliphatic rings. The number of aromatic nitrogens is 1.